The van der Waals surface area contributed by atoms with Crippen LogP contribution in [0.25, 0.3) is 0 Å². The van der Waals surface area contributed by atoms with Crippen LogP contribution in [0.3, 0.4) is 0 Å². The molecule has 0 aromatic heterocycles. The number of nitro benzene ring substituents is 1. The zero-order valence-electron chi connectivity index (χ0n) is 18.1. The lowest BCUT2D eigenvalue weighted by Crippen LogP contribution is -2.38. The predicted octanol–water partition coefficient (Wildman–Crippen LogP) is 4.64. The molecule has 0 saturated heterocycles. The smallest absolute Gasteiger partial charge is 0.336 e. The molecule has 1 aliphatic heterocycles. The van der Waals surface area contributed by atoms with E-state index >= 15 is 0 Å². The van der Waals surface area contributed by atoms with Gasteiger partial charge in [-0.05, 0) is 38.8 Å². The number of carbonyl (C=O) groups is 2. The molecule has 2 aromatic rings. The standard InChI is InChI=1S/C24H26N2O5/c1-15(2)31-24(28)23-17(4)25(14-18-6-5-7-20(12-18)26(29)30)22(27)13-21(23)19-10-8-16(3)9-11-19/h5-12,15,21H,13-14H2,1-4H3/t21-/m1/s1. The van der Waals surface area contributed by atoms with E-state index in [9.17, 15) is 19.7 Å². The van der Waals surface area contributed by atoms with Gasteiger partial charge in [-0.15, -0.1) is 0 Å². The molecule has 0 N–H and O–H groups in total. The Bertz CT molecular complexity index is 1040. The molecule has 0 saturated carbocycles. The summed E-state index contributed by atoms with van der Waals surface area (Å²) in [6.45, 7) is 7.41. The van der Waals surface area contributed by atoms with E-state index in [-0.39, 0.29) is 30.7 Å². The fraction of sp³-hybridized carbons (Fsp3) is 0.333. The van der Waals surface area contributed by atoms with Gasteiger partial charge in [0.2, 0.25) is 5.91 Å². The van der Waals surface area contributed by atoms with Crippen molar-refractivity contribution in [1.29, 1.82) is 0 Å². The van der Waals surface area contributed by atoms with E-state index in [1.807, 2.05) is 31.2 Å². The molecular weight excluding hydrogens is 396 g/mol. The Kier molecular flexibility index (Phi) is 6.53. The second kappa shape index (κ2) is 9.12. The fourth-order valence-electron chi connectivity index (χ4n) is 3.78. The first-order chi connectivity index (χ1) is 14.7. The minimum atomic E-state index is -0.469. The highest BCUT2D eigenvalue weighted by Crippen LogP contribution is 2.38. The molecule has 1 aliphatic rings. The first-order valence-corrected chi connectivity index (χ1v) is 10.2. The maximum absolute atomic E-state index is 13.1. The van der Waals surface area contributed by atoms with Gasteiger partial charge in [0.25, 0.3) is 5.69 Å². The van der Waals surface area contributed by atoms with Crippen molar-refractivity contribution >= 4 is 17.6 Å². The largest absolute Gasteiger partial charge is 0.460 e. The van der Waals surface area contributed by atoms with E-state index < -0.39 is 16.8 Å². The van der Waals surface area contributed by atoms with Crippen LogP contribution < -0.4 is 0 Å². The number of non-ortho nitro benzene ring substituents is 1. The van der Waals surface area contributed by atoms with Gasteiger partial charge in [0.1, 0.15) is 0 Å². The van der Waals surface area contributed by atoms with Crippen LogP contribution in [0.2, 0.25) is 0 Å². The van der Waals surface area contributed by atoms with Crippen molar-refractivity contribution in [2.75, 3.05) is 0 Å². The van der Waals surface area contributed by atoms with Crippen LogP contribution in [0.5, 0.6) is 0 Å². The number of carbonyl (C=O) groups excluding carboxylic acids is 2. The number of hydrogen-bond acceptors (Lipinski definition) is 5. The third kappa shape index (κ3) is 4.99. The first kappa shape index (κ1) is 22.2. The number of rotatable bonds is 6. The van der Waals surface area contributed by atoms with Gasteiger partial charge in [-0.2, -0.15) is 0 Å². The zero-order chi connectivity index (χ0) is 22.7. The average molecular weight is 422 g/mol. The van der Waals surface area contributed by atoms with Crippen LogP contribution in [0, 0.1) is 17.0 Å². The van der Waals surface area contributed by atoms with Crippen LogP contribution in [0.1, 0.15) is 49.8 Å². The zero-order valence-corrected chi connectivity index (χ0v) is 18.1. The summed E-state index contributed by atoms with van der Waals surface area (Å²) in [5.41, 5.74) is 3.50. The molecule has 2 aromatic carbocycles. The van der Waals surface area contributed by atoms with E-state index in [2.05, 4.69) is 0 Å². The number of benzene rings is 2. The van der Waals surface area contributed by atoms with Crippen molar-refractivity contribution in [3.8, 4) is 0 Å². The van der Waals surface area contributed by atoms with Crippen LogP contribution in [0.15, 0.2) is 59.8 Å². The molecule has 1 amide bonds. The van der Waals surface area contributed by atoms with Crippen LogP contribution in [-0.4, -0.2) is 27.8 Å². The molecule has 0 unspecified atom stereocenters. The third-order valence-corrected chi connectivity index (χ3v) is 5.33. The topological polar surface area (TPSA) is 89.8 Å². The van der Waals surface area contributed by atoms with Crippen molar-refractivity contribution in [1.82, 2.24) is 4.90 Å². The number of amides is 1. The summed E-state index contributed by atoms with van der Waals surface area (Å²) in [5, 5.41) is 11.1. The molecule has 1 heterocycles. The summed E-state index contributed by atoms with van der Waals surface area (Å²) < 4.78 is 5.50. The molecule has 3 rings (SSSR count). The van der Waals surface area contributed by atoms with E-state index in [1.54, 1.807) is 32.9 Å². The van der Waals surface area contributed by atoms with Crippen LogP contribution in [-0.2, 0) is 20.9 Å². The molecule has 0 radical (unpaired) electrons. The normalized spacial score (nSPS) is 16.6. The van der Waals surface area contributed by atoms with Gasteiger partial charge in [-0.25, -0.2) is 4.79 Å². The number of nitrogens with zero attached hydrogens (tertiary/aromatic N) is 2. The number of hydrogen-bond donors (Lipinski definition) is 0. The van der Waals surface area contributed by atoms with Gasteiger partial charge in [0.15, 0.2) is 0 Å². The number of allylic oxidation sites excluding steroid dienone is 1. The van der Waals surface area contributed by atoms with Crippen LogP contribution in [0.4, 0.5) is 5.69 Å². The highest BCUT2D eigenvalue weighted by atomic mass is 16.6. The molecule has 1 atom stereocenters. The van der Waals surface area contributed by atoms with Crippen molar-refractivity contribution in [3.63, 3.8) is 0 Å². The molecule has 7 heteroatoms. The van der Waals surface area contributed by atoms with Gasteiger partial charge >= 0.3 is 5.97 Å². The summed E-state index contributed by atoms with van der Waals surface area (Å²) in [5.74, 6) is -0.994. The van der Waals surface area contributed by atoms with E-state index in [0.717, 1.165) is 11.1 Å². The van der Waals surface area contributed by atoms with Gasteiger partial charge in [0, 0.05) is 30.2 Å². The summed E-state index contributed by atoms with van der Waals surface area (Å²) in [4.78, 5) is 38.2. The minimum Gasteiger partial charge on any atom is -0.460 e. The summed E-state index contributed by atoms with van der Waals surface area (Å²) in [6, 6.07) is 13.9. The summed E-state index contributed by atoms with van der Waals surface area (Å²) in [7, 11) is 0. The van der Waals surface area contributed by atoms with Gasteiger partial charge in [0.05, 0.1) is 23.1 Å². The average Bonchev–Trinajstić information content (AvgIpc) is 2.70. The number of esters is 1. The van der Waals surface area contributed by atoms with Crippen LogP contribution >= 0.6 is 0 Å². The Morgan fingerprint density at radius 3 is 2.48 bits per heavy atom. The molecule has 0 aliphatic carbocycles. The van der Waals surface area contributed by atoms with E-state index in [4.69, 9.17) is 4.74 Å². The van der Waals surface area contributed by atoms with E-state index in [0.29, 0.717) is 16.8 Å². The monoisotopic (exact) mass is 422 g/mol. The Morgan fingerprint density at radius 2 is 1.87 bits per heavy atom. The minimum absolute atomic E-state index is 0.0411. The van der Waals surface area contributed by atoms with Crippen molar-refractivity contribution in [2.24, 2.45) is 0 Å². The Morgan fingerprint density at radius 1 is 1.19 bits per heavy atom. The molecular formula is C24H26N2O5. The summed E-state index contributed by atoms with van der Waals surface area (Å²) in [6.07, 6.45) is -0.174. The second-order valence-corrected chi connectivity index (χ2v) is 8.03. The van der Waals surface area contributed by atoms with Gasteiger partial charge in [-0.1, -0.05) is 42.0 Å². The second-order valence-electron chi connectivity index (χ2n) is 8.03. The molecule has 162 valence electrons. The lowest BCUT2D eigenvalue weighted by Gasteiger charge is -2.34. The third-order valence-electron chi connectivity index (χ3n) is 5.33. The maximum atomic E-state index is 13.1. The lowest BCUT2D eigenvalue weighted by molar-refractivity contribution is -0.384. The highest BCUT2D eigenvalue weighted by Gasteiger charge is 2.37. The molecule has 0 spiro atoms. The maximum Gasteiger partial charge on any atom is 0.336 e. The number of aryl methyl sites for hydroxylation is 1. The van der Waals surface area contributed by atoms with Crippen molar-refractivity contribution in [2.45, 2.75) is 52.7 Å². The highest BCUT2D eigenvalue weighted by molar-refractivity contribution is 5.96. The molecule has 0 fully saturated rings. The molecule has 7 nitrogen and oxygen atoms in total. The van der Waals surface area contributed by atoms with Crippen molar-refractivity contribution < 1.29 is 19.2 Å². The fourth-order valence-corrected chi connectivity index (χ4v) is 3.78. The Balaban J connectivity index is 2.02. The quantitative estimate of drug-likeness (QED) is 0.384. The predicted molar refractivity (Wildman–Crippen MR) is 116 cm³/mol. The molecule has 31 heavy (non-hydrogen) atoms. The Hall–Kier alpha value is -3.48. The Labute approximate surface area is 181 Å². The number of ether oxygens (including phenoxy) is 1. The van der Waals surface area contributed by atoms with E-state index in [1.165, 1.54) is 17.0 Å². The van der Waals surface area contributed by atoms with Gasteiger partial charge in [-0.3, -0.25) is 14.9 Å². The number of nitro groups is 1. The van der Waals surface area contributed by atoms with Crippen molar-refractivity contribution in [3.05, 3.63) is 86.6 Å². The summed E-state index contributed by atoms with van der Waals surface area (Å²) >= 11 is 0. The molecule has 0 bridgehead atoms. The lowest BCUT2D eigenvalue weighted by atomic mass is 9.83. The van der Waals surface area contributed by atoms with Gasteiger partial charge < -0.3 is 9.64 Å². The first-order valence-electron chi connectivity index (χ1n) is 10.2. The SMILES string of the molecule is CC1=C(C(=O)OC(C)C)[C@@H](c2ccc(C)cc2)CC(=O)N1Cc1cccc([N+](=O)[O-])c1.